The molecular weight excluding hydrogens is 124 g/mol. The van der Waals surface area contributed by atoms with Gasteiger partial charge in [-0.3, -0.25) is 4.79 Å². The van der Waals surface area contributed by atoms with Crippen LogP contribution in [0.1, 0.15) is 11.1 Å². The summed E-state index contributed by atoms with van der Waals surface area (Å²) in [5.74, 6) is 0. The molecule has 1 heteroatoms. The zero-order chi connectivity index (χ0) is 6.97. The largest absolute Gasteiger partial charge is 0.298 e. The highest BCUT2D eigenvalue weighted by Gasteiger charge is 2.12. The molecule has 1 aromatic rings. The highest BCUT2D eigenvalue weighted by molar-refractivity contribution is 6.20. The molecule has 0 bridgehead atoms. The van der Waals surface area contributed by atoms with E-state index < -0.39 is 0 Å². The molecule has 0 fully saturated rings. The Morgan fingerprint density at radius 3 is 2.70 bits per heavy atom. The molecule has 1 aliphatic rings. The fourth-order valence-electron chi connectivity index (χ4n) is 1.15. The third-order valence-corrected chi connectivity index (χ3v) is 1.71. The van der Waals surface area contributed by atoms with Gasteiger partial charge >= 0.3 is 0 Å². The van der Waals surface area contributed by atoms with Crippen molar-refractivity contribution in [1.82, 2.24) is 0 Å². The minimum atomic E-state index is 0.815. The highest BCUT2D eigenvalue weighted by Crippen LogP contribution is 2.29. The lowest BCUT2D eigenvalue weighted by molar-refractivity contribution is -0.103. The number of carbonyl (C=O) groups is 1. The number of hydrogen-bond donors (Lipinski definition) is 0. The highest BCUT2D eigenvalue weighted by atomic mass is 16.1. The van der Waals surface area contributed by atoms with Crippen LogP contribution >= 0.6 is 0 Å². The van der Waals surface area contributed by atoms with E-state index >= 15 is 0 Å². The van der Waals surface area contributed by atoms with Gasteiger partial charge in [-0.2, -0.15) is 0 Å². The fourth-order valence-corrected chi connectivity index (χ4v) is 1.15. The SMILES string of the molecule is O=CC1=Cc2ccccc21. The van der Waals surface area contributed by atoms with Crippen LogP contribution in [0.5, 0.6) is 0 Å². The van der Waals surface area contributed by atoms with Crippen molar-refractivity contribution in [2.24, 2.45) is 0 Å². The normalized spacial score (nSPS) is 13.0. The van der Waals surface area contributed by atoms with E-state index in [1.807, 2.05) is 30.3 Å². The van der Waals surface area contributed by atoms with Crippen molar-refractivity contribution in [3.8, 4) is 0 Å². The maximum atomic E-state index is 10.3. The van der Waals surface area contributed by atoms with Crippen LogP contribution < -0.4 is 0 Å². The summed E-state index contributed by atoms with van der Waals surface area (Å²) in [6.07, 6.45) is 2.78. The Morgan fingerprint density at radius 1 is 1.20 bits per heavy atom. The van der Waals surface area contributed by atoms with Gasteiger partial charge in [0, 0.05) is 5.57 Å². The van der Waals surface area contributed by atoms with Crippen molar-refractivity contribution in [3.63, 3.8) is 0 Å². The first kappa shape index (κ1) is 5.42. The molecule has 1 aromatic carbocycles. The molecule has 1 nitrogen and oxygen atoms in total. The van der Waals surface area contributed by atoms with Crippen molar-refractivity contribution < 1.29 is 4.79 Å². The van der Waals surface area contributed by atoms with Gasteiger partial charge in [0.1, 0.15) is 0 Å². The molecule has 2 rings (SSSR count). The van der Waals surface area contributed by atoms with Gasteiger partial charge in [-0.25, -0.2) is 0 Å². The standard InChI is InChI=1S/C9H6O/c10-6-8-5-7-3-1-2-4-9(7)8/h1-6H. The Morgan fingerprint density at radius 2 is 2.00 bits per heavy atom. The van der Waals surface area contributed by atoms with E-state index in [2.05, 4.69) is 0 Å². The minimum Gasteiger partial charge on any atom is -0.298 e. The third-order valence-electron chi connectivity index (χ3n) is 1.71. The van der Waals surface area contributed by atoms with E-state index in [-0.39, 0.29) is 0 Å². The van der Waals surface area contributed by atoms with Crippen LogP contribution in [0.25, 0.3) is 11.6 Å². The average molecular weight is 130 g/mol. The van der Waals surface area contributed by atoms with Crippen molar-refractivity contribution in [3.05, 3.63) is 35.4 Å². The summed E-state index contributed by atoms with van der Waals surface area (Å²) in [7, 11) is 0. The molecule has 0 saturated heterocycles. The van der Waals surface area contributed by atoms with Crippen LogP contribution in [0, 0.1) is 0 Å². The van der Waals surface area contributed by atoms with Crippen LogP contribution in [0.4, 0.5) is 0 Å². The first-order valence-electron chi connectivity index (χ1n) is 3.18. The Kier molecular flexibility index (Phi) is 0.978. The summed E-state index contributed by atoms with van der Waals surface area (Å²) >= 11 is 0. The lowest BCUT2D eigenvalue weighted by Gasteiger charge is -2.13. The Labute approximate surface area is 59.0 Å². The summed E-state index contributed by atoms with van der Waals surface area (Å²) in [5.41, 5.74) is 3.07. The number of aldehydes is 1. The van der Waals surface area contributed by atoms with E-state index in [4.69, 9.17) is 0 Å². The van der Waals surface area contributed by atoms with Crippen LogP contribution in [-0.4, -0.2) is 6.29 Å². The van der Waals surface area contributed by atoms with E-state index in [0.717, 1.165) is 17.4 Å². The maximum absolute atomic E-state index is 10.3. The van der Waals surface area contributed by atoms with Crippen LogP contribution in [-0.2, 0) is 4.79 Å². The van der Waals surface area contributed by atoms with Gasteiger partial charge < -0.3 is 0 Å². The molecular formula is C9H6O. The van der Waals surface area contributed by atoms with Gasteiger partial charge in [-0.05, 0) is 17.2 Å². The average Bonchev–Trinajstić information content (AvgIpc) is 1.92. The van der Waals surface area contributed by atoms with Crippen LogP contribution in [0.3, 0.4) is 0 Å². The van der Waals surface area contributed by atoms with Gasteiger partial charge in [0.05, 0.1) is 0 Å². The van der Waals surface area contributed by atoms with E-state index in [1.165, 1.54) is 5.56 Å². The molecule has 0 unspecified atom stereocenters. The van der Waals surface area contributed by atoms with E-state index in [9.17, 15) is 4.79 Å². The topological polar surface area (TPSA) is 17.1 Å². The predicted molar refractivity (Wildman–Crippen MR) is 40.4 cm³/mol. The molecule has 1 aliphatic carbocycles. The molecule has 0 atom stereocenters. The molecule has 10 heavy (non-hydrogen) atoms. The Balaban J connectivity index is 2.52. The molecule has 0 N–H and O–H groups in total. The smallest absolute Gasteiger partial charge is 0.150 e. The molecule has 0 aliphatic heterocycles. The zero-order valence-electron chi connectivity index (χ0n) is 5.37. The van der Waals surface area contributed by atoms with Crippen molar-refractivity contribution >= 4 is 17.9 Å². The summed E-state index contributed by atoms with van der Waals surface area (Å²) in [4.78, 5) is 10.3. The van der Waals surface area contributed by atoms with Crippen molar-refractivity contribution in [2.75, 3.05) is 0 Å². The molecule has 0 saturated carbocycles. The predicted octanol–water partition coefficient (Wildman–Crippen LogP) is 1.74. The van der Waals surface area contributed by atoms with E-state index in [0.29, 0.717) is 0 Å². The number of hydrogen-bond acceptors (Lipinski definition) is 1. The van der Waals surface area contributed by atoms with Gasteiger partial charge in [-0.1, -0.05) is 24.3 Å². The second-order valence-electron chi connectivity index (χ2n) is 2.30. The maximum Gasteiger partial charge on any atom is 0.150 e. The molecule has 0 heterocycles. The molecule has 0 radical (unpaired) electrons. The molecule has 0 amide bonds. The van der Waals surface area contributed by atoms with Gasteiger partial charge in [0.2, 0.25) is 0 Å². The van der Waals surface area contributed by atoms with Crippen LogP contribution in [0.15, 0.2) is 24.3 Å². The lowest BCUT2D eigenvalue weighted by Crippen LogP contribution is -1.98. The van der Waals surface area contributed by atoms with Gasteiger partial charge in [-0.15, -0.1) is 0 Å². The van der Waals surface area contributed by atoms with Crippen molar-refractivity contribution in [1.29, 1.82) is 0 Å². The second kappa shape index (κ2) is 1.81. The Bertz CT molecular complexity index is 310. The first-order valence-corrected chi connectivity index (χ1v) is 3.18. The van der Waals surface area contributed by atoms with Crippen molar-refractivity contribution in [2.45, 2.75) is 0 Å². The third kappa shape index (κ3) is 0.545. The van der Waals surface area contributed by atoms with E-state index in [1.54, 1.807) is 0 Å². The van der Waals surface area contributed by atoms with Gasteiger partial charge in [0.15, 0.2) is 6.29 Å². The quantitative estimate of drug-likeness (QED) is 0.529. The monoisotopic (exact) mass is 130 g/mol. The number of benzene rings is 1. The number of rotatable bonds is 1. The Hall–Kier alpha value is -1.37. The second-order valence-corrected chi connectivity index (χ2v) is 2.30. The summed E-state index contributed by atoms with van der Waals surface area (Å²) < 4.78 is 0. The zero-order valence-corrected chi connectivity index (χ0v) is 5.37. The number of allylic oxidation sites excluding steroid dienone is 1. The minimum absolute atomic E-state index is 0.815. The van der Waals surface area contributed by atoms with Crippen LogP contribution in [0.2, 0.25) is 0 Å². The summed E-state index contributed by atoms with van der Waals surface area (Å²) in [5, 5.41) is 0. The molecule has 0 aromatic heterocycles. The first-order chi connectivity index (χ1) is 4.92. The summed E-state index contributed by atoms with van der Waals surface area (Å²) in [6.45, 7) is 0. The van der Waals surface area contributed by atoms with Gasteiger partial charge in [0.25, 0.3) is 0 Å². The molecule has 0 spiro atoms. The fraction of sp³-hybridized carbons (Fsp3) is 0. The molecule has 48 valence electrons. The summed E-state index contributed by atoms with van der Waals surface area (Å²) in [6, 6.07) is 7.87. The number of carbonyl (C=O) groups excluding carboxylic acids is 1. The lowest BCUT2D eigenvalue weighted by atomic mass is 9.90. The number of fused-ring (bicyclic) bond motifs is 1.